The highest BCUT2D eigenvalue weighted by atomic mass is 32.1. The summed E-state index contributed by atoms with van der Waals surface area (Å²) in [6.45, 7) is 0.948. The van der Waals surface area contributed by atoms with Crippen LogP contribution in [0.2, 0.25) is 0 Å². The lowest BCUT2D eigenvalue weighted by atomic mass is 10.4. The van der Waals surface area contributed by atoms with Crippen LogP contribution in [0, 0.1) is 0 Å². The number of hydrogen-bond acceptors (Lipinski definition) is 5. The van der Waals surface area contributed by atoms with Crippen LogP contribution < -0.4 is 11.1 Å². The number of nitrogens with one attached hydrogen (secondary N) is 1. The third kappa shape index (κ3) is 6.45. The maximum atomic E-state index is 10.9. The molecule has 12 heavy (non-hydrogen) atoms. The van der Waals surface area contributed by atoms with E-state index in [9.17, 15) is 4.79 Å². The summed E-state index contributed by atoms with van der Waals surface area (Å²) in [6.07, 6.45) is 0.993. The van der Waals surface area contributed by atoms with Gasteiger partial charge in [-0.1, -0.05) is 0 Å². The van der Waals surface area contributed by atoms with Gasteiger partial charge in [-0.3, -0.25) is 4.79 Å². The van der Waals surface area contributed by atoms with Crippen molar-refractivity contribution in [3.8, 4) is 0 Å². The molecule has 0 aromatic heterocycles. The third-order valence-electron chi connectivity index (χ3n) is 1.30. The molecule has 0 saturated carbocycles. The zero-order chi connectivity index (χ0) is 9.40. The van der Waals surface area contributed by atoms with E-state index in [1.165, 1.54) is 0 Å². The Bertz CT molecular complexity index is 133. The van der Waals surface area contributed by atoms with E-state index in [-0.39, 0.29) is 17.8 Å². The van der Waals surface area contributed by atoms with Gasteiger partial charge in [-0.15, -0.1) is 0 Å². The molecule has 0 rings (SSSR count). The fraction of sp³-hybridized carbons (Fsp3) is 0.857. The number of nitrogens with two attached hydrogens (primary N) is 1. The Morgan fingerprint density at radius 3 is 2.92 bits per heavy atom. The number of carbonyl (C=O) groups excluding carboxylic acids is 1. The Morgan fingerprint density at radius 2 is 2.42 bits per heavy atom. The first-order chi connectivity index (χ1) is 5.70. The zero-order valence-corrected chi connectivity index (χ0v) is 8.14. The van der Waals surface area contributed by atoms with Crippen molar-refractivity contribution < 1.29 is 9.53 Å². The topological polar surface area (TPSA) is 64.3 Å². The average Bonchev–Trinajstić information content (AvgIpc) is 2.05. The molecule has 0 bridgehead atoms. The largest absolute Gasteiger partial charge is 0.466 e. The van der Waals surface area contributed by atoms with Crippen LogP contribution in [-0.4, -0.2) is 31.5 Å². The second-order valence-electron chi connectivity index (χ2n) is 2.37. The zero-order valence-electron chi connectivity index (χ0n) is 7.25. The van der Waals surface area contributed by atoms with Crippen molar-refractivity contribution in [2.75, 3.05) is 20.2 Å². The van der Waals surface area contributed by atoms with Crippen molar-refractivity contribution >= 4 is 18.6 Å². The van der Waals surface area contributed by atoms with E-state index < -0.39 is 0 Å². The molecule has 0 amide bonds. The van der Waals surface area contributed by atoms with E-state index in [4.69, 9.17) is 10.5 Å². The molecule has 0 aliphatic heterocycles. The van der Waals surface area contributed by atoms with Crippen LogP contribution in [0.25, 0.3) is 0 Å². The van der Waals surface area contributed by atoms with Gasteiger partial charge in [0.15, 0.2) is 0 Å². The predicted octanol–water partition coefficient (Wildman–Crippen LogP) is -0.256. The highest BCUT2D eigenvalue weighted by Gasteiger charge is 2.07. The minimum Gasteiger partial charge on any atom is -0.466 e. The highest BCUT2D eigenvalue weighted by molar-refractivity contribution is 7.80. The van der Waals surface area contributed by atoms with E-state index in [1.807, 2.05) is 0 Å². The van der Waals surface area contributed by atoms with E-state index in [0.29, 0.717) is 19.6 Å². The van der Waals surface area contributed by atoms with Gasteiger partial charge in [-0.2, -0.15) is 12.6 Å². The summed E-state index contributed by atoms with van der Waals surface area (Å²) >= 11 is 4.08. The lowest BCUT2D eigenvalue weighted by Gasteiger charge is -2.08. The minimum absolute atomic E-state index is 0.129. The normalized spacial score (nSPS) is 12.6. The number of esters is 1. The lowest BCUT2D eigenvalue weighted by Crippen LogP contribution is -2.23. The maximum Gasteiger partial charge on any atom is 0.308 e. The molecule has 0 saturated heterocycles. The third-order valence-corrected chi connectivity index (χ3v) is 1.75. The fourth-order valence-electron chi connectivity index (χ4n) is 0.588. The Morgan fingerprint density at radius 1 is 1.75 bits per heavy atom. The van der Waals surface area contributed by atoms with Gasteiger partial charge in [0, 0.05) is 0 Å². The molecule has 0 aliphatic rings. The average molecular weight is 192 g/mol. The second-order valence-corrected chi connectivity index (χ2v) is 2.99. The van der Waals surface area contributed by atoms with E-state index in [1.54, 1.807) is 7.05 Å². The quantitative estimate of drug-likeness (QED) is 0.235. The first kappa shape index (κ1) is 11.7. The number of thiol groups is 1. The summed E-state index contributed by atoms with van der Waals surface area (Å²) in [5, 5.41) is 2.70. The predicted molar refractivity (Wildman–Crippen MR) is 51.1 cm³/mol. The van der Waals surface area contributed by atoms with Crippen LogP contribution in [0.15, 0.2) is 0 Å². The second kappa shape index (κ2) is 7.39. The molecule has 0 aromatic carbocycles. The van der Waals surface area contributed by atoms with Crippen molar-refractivity contribution in [2.24, 2.45) is 5.73 Å². The number of rotatable bonds is 6. The van der Waals surface area contributed by atoms with Gasteiger partial charge in [-0.05, 0) is 20.0 Å². The van der Waals surface area contributed by atoms with Crippen molar-refractivity contribution in [3.63, 3.8) is 0 Å². The molecule has 0 radical (unpaired) electrons. The molecular formula is C7H16N2O2S. The van der Waals surface area contributed by atoms with Crippen LogP contribution in [0.4, 0.5) is 0 Å². The Hall–Kier alpha value is -0.260. The molecule has 0 aromatic rings. The van der Waals surface area contributed by atoms with Crippen LogP contribution in [-0.2, 0) is 9.53 Å². The van der Waals surface area contributed by atoms with Gasteiger partial charge in [0.25, 0.3) is 0 Å². The number of ether oxygens (including phenoxy) is 1. The van der Waals surface area contributed by atoms with Crippen LogP contribution in [0.5, 0.6) is 0 Å². The summed E-state index contributed by atoms with van der Waals surface area (Å²) in [4.78, 5) is 10.9. The molecule has 4 nitrogen and oxygen atoms in total. The summed E-state index contributed by atoms with van der Waals surface area (Å²) in [5.41, 5.74) is 5.22. The monoisotopic (exact) mass is 192 g/mol. The lowest BCUT2D eigenvalue weighted by molar-refractivity contribution is -0.143. The molecule has 1 unspecified atom stereocenters. The summed E-state index contributed by atoms with van der Waals surface area (Å²) < 4.78 is 4.85. The first-order valence-electron chi connectivity index (χ1n) is 3.91. The Kier molecular flexibility index (Phi) is 7.23. The first-order valence-corrected chi connectivity index (χ1v) is 4.43. The maximum absolute atomic E-state index is 10.9. The van der Waals surface area contributed by atoms with Crippen molar-refractivity contribution in [3.05, 3.63) is 0 Å². The summed E-state index contributed by atoms with van der Waals surface area (Å²) in [6, 6.07) is 0. The molecule has 5 heteroatoms. The molecule has 0 aliphatic carbocycles. The molecule has 0 spiro atoms. The van der Waals surface area contributed by atoms with Crippen LogP contribution in [0.3, 0.4) is 0 Å². The van der Waals surface area contributed by atoms with Gasteiger partial charge in [-0.25, -0.2) is 0 Å². The van der Waals surface area contributed by atoms with E-state index in [2.05, 4.69) is 17.9 Å². The highest BCUT2D eigenvalue weighted by Crippen LogP contribution is 1.98. The Labute approximate surface area is 78.2 Å². The van der Waals surface area contributed by atoms with Crippen molar-refractivity contribution in [1.82, 2.24) is 5.32 Å². The standard InChI is InChI=1S/C7H16N2O2S/c1-9-6(12)5-7(10)11-4-2-3-8/h6,9,12H,2-5,8H2,1H3. The molecular weight excluding hydrogens is 176 g/mol. The minimum atomic E-state index is -0.238. The molecule has 72 valence electrons. The van der Waals surface area contributed by atoms with Gasteiger partial charge < -0.3 is 15.8 Å². The van der Waals surface area contributed by atoms with Gasteiger partial charge in [0.05, 0.1) is 18.4 Å². The smallest absolute Gasteiger partial charge is 0.308 e. The van der Waals surface area contributed by atoms with Crippen molar-refractivity contribution in [1.29, 1.82) is 0 Å². The summed E-state index contributed by atoms with van der Waals surface area (Å²) in [5.74, 6) is -0.238. The Balaban J connectivity index is 3.33. The van der Waals surface area contributed by atoms with Gasteiger partial charge >= 0.3 is 5.97 Å². The van der Waals surface area contributed by atoms with Crippen molar-refractivity contribution in [2.45, 2.75) is 18.2 Å². The SMILES string of the molecule is CNC(S)CC(=O)OCCCN. The molecule has 0 heterocycles. The number of hydrogen-bond donors (Lipinski definition) is 3. The van der Waals surface area contributed by atoms with Gasteiger partial charge in [0.1, 0.15) is 0 Å². The fourth-order valence-corrected chi connectivity index (χ4v) is 0.737. The number of carbonyl (C=O) groups is 1. The molecule has 3 N–H and O–H groups in total. The molecule has 1 atom stereocenters. The van der Waals surface area contributed by atoms with Crippen LogP contribution in [0.1, 0.15) is 12.8 Å². The molecule has 0 fully saturated rings. The van der Waals surface area contributed by atoms with E-state index in [0.717, 1.165) is 0 Å². The van der Waals surface area contributed by atoms with E-state index >= 15 is 0 Å². The van der Waals surface area contributed by atoms with Gasteiger partial charge in [0.2, 0.25) is 0 Å². The van der Waals surface area contributed by atoms with Crippen LogP contribution >= 0.6 is 12.6 Å². The summed E-state index contributed by atoms with van der Waals surface area (Å²) in [7, 11) is 1.74.